The van der Waals surface area contributed by atoms with Gasteiger partial charge in [0.25, 0.3) is 0 Å². The SMILES string of the molecule is Fc1cccc(OCCOc2cc(F)ccc2F)c1. The van der Waals surface area contributed by atoms with Crippen molar-refractivity contribution in [2.24, 2.45) is 0 Å². The zero-order chi connectivity index (χ0) is 13.7. The predicted octanol–water partition coefficient (Wildman–Crippen LogP) is 3.56. The molecule has 0 aliphatic rings. The Morgan fingerprint density at radius 3 is 2.32 bits per heavy atom. The second-order valence-electron chi connectivity index (χ2n) is 3.73. The fourth-order valence-electron chi connectivity index (χ4n) is 1.46. The molecule has 19 heavy (non-hydrogen) atoms. The third-order valence-electron chi connectivity index (χ3n) is 2.30. The van der Waals surface area contributed by atoms with Crippen LogP contribution in [0.15, 0.2) is 42.5 Å². The number of rotatable bonds is 5. The van der Waals surface area contributed by atoms with Gasteiger partial charge in [-0.25, -0.2) is 13.2 Å². The molecule has 0 radical (unpaired) electrons. The number of halogens is 3. The van der Waals surface area contributed by atoms with E-state index in [9.17, 15) is 13.2 Å². The Morgan fingerprint density at radius 1 is 0.789 bits per heavy atom. The van der Waals surface area contributed by atoms with Crippen molar-refractivity contribution in [1.29, 1.82) is 0 Å². The first-order valence-electron chi connectivity index (χ1n) is 5.61. The molecule has 0 unspecified atom stereocenters. The van der Waals surface area contributed by atoms with Gasteiger partial charge < -0.3 is 9.47 Å². The highest BCUT2D eigenvalue weighted by molar-refractivity contribution is 5.25. The molecule has 2 nitrogen and oxygen atoms in total. The molecule has 0 amide bonds. The number of hydrogen-bond acceptors (Lipinski definition) is 2. The molecule has 0 saturated heterocycles. The van der Waals surface area contributed by atoms with E-state index in [-0.39, 0.29) is 19.0 Å². The van der Waals surface area contributed by atoms with Crippen molar-refractivity contribution >= 4 is 0 Å². The first kappa shape index (κ1) is 13.3. The second kappa shape index (κ2) is 6.13. The van der Waals surface area contributed by atoms with Crippen LogP contribution in [0, 0.1) is 17.5 Å². The van der Waals surface area contributed by atoms with Crippen LogP contribution in [0.25, 0.3) is 0 Å². The van der Waals surface area contributed by atoms with Crippen molar-refractivity contribution in [2.75, 3.05) is 13.2 Å². The normalized spacial score (nSPS) is 10.3. The third-order valence-corrected chi connectivity index (χ3v) is 2.30. The quantitative estimate of drug-likeness (QED) is 0.772. The predicted molar refractivity (Wildman–Crippen MR) is 63.7 cm³/mol. The Bertz CT molecular complexity index is 558. The molecule has 0 N–H and O–H groups in total. The van der Waals surface area contributed by atoms with Crippen molar-refractivity contribution in [3.63, 3.8) is 0 Å². The van der Waals surface area contributed by atoms with Gasteiger partial charge in [0.15, 0.2) is 11.6 Å². The zero-order valence-electron chi connectivity index (χ0n) is 9.91. The first-order valence-corrected chi connectivity index (χ1v) is 5.61. The van der Waals surface area contributed by atoms with Crippen LogP contribution in [-0.4, -0.2) is 13.2 Å². The van der Waals surface area contributed by atoms with Gasteiger partial charge >= 0.3 is 0 Å². The zero-order valence-corrected chi connectivity index (χ0v) is 9.91. The van der Waals surface area contributed by atoms with Crippen molar-refractivity contribution in [3.05, 3.63) is 59.9 Å². The lowest BCUT2D eigenvalue weighted by Crippen LogP contribution is -2.10. The summed E-state index contributed by atoms with van der Waals surface area (Å²) in [6.07, 6.45) is 0. The fourth-order valence-corrected chi connectivity index (χ4v) is 1.46. The highest BCUT2D eigenvalue weighted by atomic mass is 19.1. The van der Waals surface area contributed by atoms with E-state index >= 15 is 0 Å². The van der Waals surface area contributed by atoms with Crippen LogP contribution in [0.3, 0.4) is 0 Å². The summed E-state index contributed by atoms with van der Waals surface area (Å²) in [4.78, 5) is 0. The molecule has 0 atom stereocenters. The largest absolute Gasteiger partial charge is 0.490 e. The summed E-state index contributed by atoms with van der Waals surface area (Å²) in [5.74, 6) is -1.46. The molecule has 2 aromatic carbocycles. The fraction of sp³-hybridized carbons (Fsp3) is 0.143. The summed E-state index contributed by atoms with van der Waals surface area (Å²) in [5, 5.41) is 0. The molecule has 5 heteroatoms. The van der Waals surface area contributed by atoms with Crippen LogP contribution in [0.2, 0.25) is 0 Å². The second-order valence-corrected chi connectivity index (χ2v) is 3.73. The topological polar surface area (TPSA) is 18.5 Å². The van der Waals surface area contributed by atoms with E-state index in [0.717, 1.165) is 18.2 Å². The molecule has 2 rings (SSSR count). The molecule has 0 aromatic heterocycles. The van der Waals surface area contributed by atoms with Crippen molar-refractivity contribution < 1.29 is 22.6 Å². The molecule has 0 saturated carbocycles. The number of ether oxygens (including phenoxy) is 2. The van der Waals surface area contributed by atoms with Crippen molar-refractivity contribution in [2.45, 2.75) is 0 Å². The van der Waals surface area contributed by atoms with Gasteiger partial charge in [0.05, 0.1) is 0 Å². The van der Waals surface area contributed by atoms with E-state index in [0.29, 0.717) is 5.75 Å². The van der Waals surface area contributed by atoms with E-state index in [4.69, 9.17) is 9.47 Å². The van der Waals surface area contributed by atoms with E-state index in [1.165, 1.54) is 18.2 Å². The molecule has 2 aromatic rings. The minimum atomic E-state index is -0.646. The Kier molecular flexibility index (Phi) is 4.28. The van der Waals surface area contributed by atoms with Crippen LogP contribution in [-0.2, 0) is 0 Å². The lowest BCUT2D eigenvalue weighted by atomic mass is 10.3. The maximum atomic E-state index is 13.2. The Balaban J connectivity index is 1.82. The minimum absolute atomic E-state index is 0.0247. The van der Waals surface area contributed by atoms with Gasteiger partial charge in [-0.3, -0.25) is 0 Å². The summed E-state index contributed by atoms with van der Waals surface area (Å²) in [7, 11) is 0. The molecule has 0 aliphatic heterocycles. The average Bonchev–Trinajstić information content (AvgIpc) is 2.39. The van der Waals surface area contributed by atoms with Gasteiger partial charge in [-0.2, -0.15) is 0 Å². The molecular formula is C14H11F3O2. The average molecular weight is 268 g/mol. The summed E-state index contributed by atoms with van der Waals surface area (Å²) in [6.45, 7) is 0.121. The summed E-state index contributed by atoms with van der Waals surface area (Å²) in [5.41, 5.74) is 0. The molecule has 0 aliphatic carbocycles. The minimum Gasteiger partial charge on any atom is -0.490 e. The van der Waals surface area contributed by atoms with E-state index in [1.807, 2.05) is 0 Å². The van der Waals surface area contributed by atoms with Crippen molar-refractivity contribution in [1.82, 2.24) is 0 Å². The molecule has 0 spiro atoms. The molecular weight excluding hydrogens is 257 g/mol. The molecule has 0 bridgehead atoms. The van der Waals surface area contributed by atoms with Gasteiger partial charge in [0.2, 0.25) is 0 Å². The van der Waals surface area contributed by atoms with Crippen LogP contribution < -0.4 is 9.47 Å². The standard InChI is InChI=1S/C14H11F3O2/c15-10-2-1-3-12(8-10)18-6-7-19-14-9-11(16)4-5-13(14)17/h1-5,8-9H,6-7H2. The van der Waals surface area contributed by atoms with Gasteiger partial charge in [0, 0.05) is 12.1 Å². The molecule has 0 fully saturated rings. The van der Waals surface area contributed by atoms with E-state index in [2.05, 4.69) is 0 Å². The summed E-state index contributed by atoms with van der Waals surface area (Å²) < 4.78 is 49.1. The summed E-state index contributed by atoms with van der Waals surface area (Å²) >= 11 is 0. The van der Waals surface area contributed by atoms with Crippen molar-refractivity contribution in [3.8, 4) is 11.5 Å². The highest BCUT2D eigenvalue weighted by Gasteiger charge is 2.04. The number of hydrogen-bond donors (Lipinski definition) is 0. The van der Waals surface area contributed by atoms with Crippen LogP contribution in [0.1, 0.15) is 0 Å². The smallest absolute Gasteiger partial charge is 0.165 e. The molecule has 0 heterocycles. The Morgan fingerprint density at radius 2 is 1.53 bits per heavy atom. The van der Waals surface area contributed by atoms with E-state index < -0.39 is 17.5 Å². The van der Waals surface area contributed by atoms with Gasteiger partial charge in [-0.05, 0) is 24.3 Å². The monoisotopic (exact) mass is 268 g/mol. The summed E-state index contributed by atoms with van der Waals surface area (Å²) in [6, 6.07) is 8.57. The highest BCUT2D eigenvalue weighted by Crippen LogP contribution is 2.18. The maximum Gasteiger partial charge on any atom is 0.165 e. The van der Waals surface area contributed by atoms with Crippen LogP contribution >= 0.6 is 0 Å². The first-order chi connectivity index (χ1) is 9.15. The van der Waals surface area contributed by atoms with Crippen LogP contribution in [0.5, 0.6) is 11.5 Å². The van der Waals surface area contributed by atoms with Gasteiger partial charge in [-0.15, -0.1) is 0 Å². The third kappa shape index (κ3) is 3.91. The lowest BCUT2D eigenvalue weighted by molar-refractivity contribution is 0.210. The lowest BCUT2D eigenvalue weighted by Gasteiger charge is -2.09. The Hall–Kier alpha value is -2.17. The van der Waals surface area contributed by atoms with Crippen LogP contribution in [0.4, 0.5) is 13.2 Å². The maximum absolute atomic E-state index is 13.2. The van der Waals surface area contributed by atoms with Gasteiger partial charge in [0.1, 0.15) is 30.6 Å². The number of benzene rings is 2. The Labute approximate surface area is 108 Å². The molecule has 100 valence electrons. The van der Waals surface area contributed by atoms with Gasteiger partial charge in [-0.1, -0.05) is 6.07 Å². The van der Waals surface area contributed by atoms with E-state index in [1.54, 1.807) is 6.07 Å².